The van der Waals surface area contributed by atoms with E-state index in [2.05, 4.69) is 9.97 Å². The Kier molecular flexibility index (Phi) is 7.69. The summed E-state index contributed by atoms with van der Waals surface area (Å²) in [4.78, 5) is 34.5. The van der Waals surface area contributed by atoms with Gasteiger partial charge in [-0.3, -0.25) is 19.8 Å². The lowest BCUT2D eigenvalue weighted by Gasteiger charge is -2.32. The third-order valence-corrected chi connectivity index (χ3v) is 8.82. The molecule has 37 heavy (non-hydrogen) atoms. The second-order valence-corrected chi connectivity index (χ2v) is 10.9. The molecule has 1 aliphatic rings. The summed E-state index contributed by atoms with van der Waals surface area (Å²) in [7, 11) is -2.40. The number of nitrogens with zero attached hydrogens (tertiary/aromatic N) is 3. The predicted octanol–water partition coefficient (Wildman–Crippen LogP) is 2.33. The van der Waals surface area contributed by atoms with Crippen LogP contribution < -0.4 is 15.0 Å². The van der Waals surface area contributed by atoms with E-state index in [4.69, 9.17) is 9.47 Å². The second-order valence-electron chi connectivity index (χ2n) is 8.46. The van der Waals surface area contributed by atoms with E-state index >= 15 is 0 Å². The zero-order valence-corrected chi connectivity index (χ0v) is 20.8. The van der Waals surface area contributed by atoms with Gasteiger partial charge in [0.2, 0.25) is 5.91 Å². The molecule has 2 N–H and O–H groups in total. The number of benzene rings is 2. The number of hydrogen-bond acceptors (Lipinski definition) is 9. The number of nitrogens with one attached hydrogen (secondary N) is 1. The minimum atomic E-state index is -3.96. The molecule has 2 aromatic carbocycles. The van der Waals surface area contributed by atoms with Gasteiger partial charge in [0.1, 0.15) is 27.7 Å². The second kappa shape index (κ2) is 10.9. The molecule has 0 spiro atoms. The molecule has 11 nitrogen and oxygen atoms in total. The number of rotatable bonds is 7. The molecule has 4 rings (SSSR count). The standard InChI is InChI=1S/C25H26N4O7S/c1-35-19-6-8-21(9-7-19)36-20-4-2-18(3-5-20)25(16-23(30)28-32)10-13-29(14-15-37(25,33)34)24(31)22-17-26-11-12-27-22/h2-9,11-12,17,32H,10,13-16H2,1H3,(H,28,30). The highest BCUT2D eigenvalue weighted by Gasteiger charge is 2.49. The van der Waals surface area contributed by atoms with E-state index in [0.29, 0.717) is 22.8 Å². The summed E-state index contributed by atoms with van der Waals surface area (Å²) < 4.78 is 36.6. The molecule has 1 atom stereocenters. The zero-order chi connectivity index (χ0) is 26.5. The number of hydroxylamine groups is 1. The first-order valence-corrected chi connectivity index (χ1v) is 13.1. The Balaban J connectivity index is 1.63. The molecule has 1 aliphatic heterocycles. The van der Waals surface area contributed by atoms with Crippen molar-refractivity contribution in [3.63, 3.8) is 0 Å². The van der Waals surface area contributed by atoms with Gasteiger partial charge < -0.3 is 14.4 Å². The summed E-state index contributed by atoms with van der Waals surface area (Å²) in [6.07, 6.45) is 3.55. The van der Waals surface area contributed by atoms with Crippen molar-refractivity contribution in [1.82, 2.24) is 20.3 Å². The fraction of sp³-hybridized carbons (Fsp3) is 0.280. The number of sulfone groups is 1. The van der Waals surface area contributed by atoms with Crippen molar-refractivity contribution < 1.29 is 32.7 Å². The number of aromatic nitrogens is 2. The molecule has 194 valence electrons. The third-order valence-electron chi connectivity index (χ3n) is 6.33. The lowest BCUT2D eigenvalue weighted by molar-refractivity contribution is -0.130. The maximum absolute atomic E-state index is 13.6. The summed E-state index contributed by atoms with van der Waals surface area (Å²) in [5.41, 5.74) is 1.99. The largest absolute Gasteiger partial charge is 0.497 e. The molecule has 0 saturated carbocycles. The minimum Gasteiger partial charge on any atom is -0.497 e. The molecule has 1 fully saturated rings. The van der Waals surface area contributed by atoms with E-state index in [1.54, 1.807) is 61.1 Å². The molecule has 1 aromatic heterocycles. The van der Waals surface area contributed by atoms with Crippen LogP contribution >= 0.6 is 0 Å². The van der Waals surface area contributed by atoms with Crippen molar-refractivity contribution >= 4 is 21.7 Å². The summed E-state index contributed by atoms with van der Waals surface area (Å²) in [5.74, 6) is 0.0215. The van der Waals surface area contributed by atoms with E-state index in [9.17, 15) is 23.2 Å². The molecule has 0 aliphatic carbocycles. The summed E-state index contributed by atoms with van der Waals surface area (Å²) >= 11 is 0. The Hall–Kier alpha value is -4.03. The molecule has 1 saturated heterocycles. The highest BCUT2D eigenvalue weighted by Crippen LogP contribution is 2.41. The fourth-order valence-corrected chi connectivity index (χ4v) is 6.41. The Labute approximate surface area is 213 Å². The van der Waals surface area contributed by atoms with Gasteiger partial charge in [0, 0.05) is 25.5 Å². The number of carbonyl (C=O) groups excluding carboxylic acids is 2. The smallest absolute Gasteiger partial charge is 0.274 e. The fourth-order valence-electron chi connectivity index (χ4n) is 4.31. The van der Waals surface area contributed by atoms with Crippen molar-refractivity contribution in [3.05, 3.63) is 78.4 Å². The topological polar surface area (TPSA) is 148 Å². The van der Waals surface area contributed by atoms with Crippen LogP contribution in [0.2, 0.25) is 0 Å². The normalized spacial score (nSPS) is 18.9. The molecule has 0 bridgehead atoms. The quantitative estimate of drug-likeness (QED) is 0.349. The van der Waals surface area contributed by atoms with E-state index in [0.717, 1.165) is 0 Å². The van der Waals surface area contributed by atoms with Gasteiger partial charge in [-0.2, -0.15) is 0 Å². The van der Waals surface area contributed by atoms with Gasteiger partial charge in [-0.15, -0.1) is 0 Å². The van der Waals surface area contributed by atoms with Gasteiger partial charge in [0.05, 0.1) is 25.5 Å². The molecule has 3 aromatic rings. The van der Waals surface area contributed by atoms with E-state index in [1.165, 1.54) is 23.5 Å². The highest BCUT2D eigenvalue weighted by atomic mass is 32.2. The van der Waals surface area contributed by atoms with Gasteiger partial charge in [0.25, 0.3) is 5.91 Å². The number of methoxy groups -OCH3 is 1. The number of ether oxygens (including phenoxy) is 2. The van der Waals surface area contributed by atoms with Crippen LogP contribution in [0.15, 0.2) is 67.1 Å². The maximum Gasteiger partial charge on any atom is 0.274 e. The molecular weight excluding hydrogens is 500 g/mol. The molecule has 1 unspecified atom stereocenters. The van der Waals surface area contributed by atoms with Crippen LogP contribution in [0, 0.1) is 0 Å². The van der Waals surface area contributed by atoms with Gasteiger partial charge in [0.15, 0.2) is 9.84 Å². The lowest BCUT2D eigenvalue weighted by Crippen LogP contribution is -2.42. The number of hydrogen-bond donors (Lipinski definition) is 2. The maximum atomic E-state index is 13.6. The molecule has 2 amide bonds. The Bertz CT molecular complexity index is 1350. The monoisotopic (exact) mass is 526 g/mol. The molecule has 12 heteroatoms. The summed E-state index contributed by atoms with van der Waals surface area (Å²) in [6, 6.07) is 13.4. The number of amides is 2. The van der Waals surface area contributed by atoms with E-state index in [1.807, 2.05) is 0 Å². The van der Waals surface area contributed by atoms with Crippen molar-refractivity contribution in [3.8, 4) is 17.2 Å². The zero-order valence-electron chi connectivity index (χ0n) is 20.0. The Morgan fingerprint density at radius 3 is 2.27 bits per heavy atom. The van der Waals surface area contributed by atoms with Crippen LogP contribution in [-0.2, 0) is 19.4 Å². The van der Waals surface area contributed by atoms with Gasteiger partial charge in [-0.25, -0.2) is 18.9 Å². The van der Waals surface area contributed by atoms with E-state index in [-0.39, 0.29) is 31.0 Å². The third kappa shape index (κ3) is 5.54. The lowest BCUT2D eigenvalue weighted by atomic mass is 9.90. The Morgan fingerprint density at radius 2 is 1.68 bits per heavy atom. The first-order valence-electron chi connectivity index (χ1n) is 11.4. The summed E-state index contributed by atoms with van der Waals surface area (Å²) in [5, 5.41) is 9.20. The van der Waals surface area contributed by atoms with Crippen molar-refractivity contribution in [1.29, 1.82) is 0 Å². The molecule has 2 heterocycles. The van der Waals surface area contributed by atoms with Crippen molar-refractivity contribution in [2.24, 2.45) is 0 Å². The van der Waals surface area contributed by atoms with E-state index < -0.39 is 32.8 Å². The van der Waals surface area contributed by atoms with Gasteiger partial charge in [-0.1, -0.05) is 12.1 Å². The van der Waals surface area contributed by atoms with Crippen molar-refractivity contribution in [2.75, 3.05) is 26.0 Å². The van der Waals surface area contributed by atoms with Crippen LogP contribution in [0.4, 0.5) is 0 Å². The molecular formula is C25H26N4O7S. The van der Waals surface area contributed by atoms with Crippen LogP contribution in [-0.4, -0.2) is 66.3 Å². The first kappa shape index (κ1) is 26.0. The van der Waals surface area contributed by atoms with Gasteiger partial charge in [-0.05, 0) is 48.4 Å². The van der Waals surface area contributed by atoms with Gasteiger partial charge >= 0.3 is 0 Å². The van der Waals surface area contributed by atoms with Crippen LogP contribution in [0.25, 0.3) is 0 Å². The number of carbonyl (C=O) groups is 2. The van der Waals surface area contributed by atoms with Crippen molar-refractivity contribution in [2.45, 2.75) is 17.6 Å². The molecule has 0 radical (unpaired) electrons. The Morgan fingerprint density at radius 1 is 1.03 bits per heavy atom. The highest BCUT2D eigenvalue weighted by molar-refractivity contribution is 7.92. The first-order chi connectivity index (χ1) is 17.8. The van der Waals surface area contributed by atoms with Crippen LogP contribution in [0.1, 0.15) is 28.9 Å². The van der Waals surface area contributed by atoms with Crippen LogP contribution in [0.5, 0.6) is 17.2 Å². The SMILES string of the molecule is COc1ccc(Oc2ccc(C3(CC(=O)NO)CCN(C(=O)c4cnccn4)CCS3(=O)=O)cc2)cc1. The predicted molar refractivity (Wildman–Crippen MR) is 132 cm³/mol. The average Bonchev–Trinajstić information content (AvgIpc) is 3.05. The summed E-state index contributed by atoms with van der Waals surface area (Å²) in [6.45, 7) is -0.0175. The van der Waals surface area contributed by atoms with Crippen LogP contribution in [0.3, 0.4) is 0 Å². The average molecular weight is 527 g/mol. The minimum absolute atomic E-state index is 0.0530.